The second-order valence-electron chi connectivity index (χ2n) is 8.58. The van der Waals surface area contributed by atoms with Crippen molar-refractivity contribution in [1.29, 1.82) is 0 Å². The summed E-state index contributed by atoms with van der Waals surface area (Å²) < 4.78 is 16.6. The lowest BCUT2D eigenvalue weighted by atomic mass is 10.2. The lowest BCUT2D eigenvalue weighted by Gasteiger charge is -2.26. The van der Waals surface area contributed by atoms with Crippen LogP contribution in [0.2, 0.25) is 10.0 Å². The van der Waals surface area contributed by atoms with Crippen LogP contribution in [0.15, 0.2) is 30.2 Å². The summed E-state index contributed by atoms with van der Waals surface area (Å²) in [5, 5.41) is 11.3. The van der Waals surface area contributed by atoms with Crippen molar-refractivity contribution in [2.45, 2.75) is 0 Å². The van der Waals surface area contributed by atoms with Crippen molar-refractivity contribution in [3.8, 4) is 11.5 Å². The molecule has 40 heavy (non-hydrogen) atoms. The van der Waals surface area contributed by atoms with Gasteiger partial charge in [0.1, 0.15) is 45.8 Å². The summed E-state index contributed by atoms with van der Waals surface area (Å²) in [5.41, 5.74) is 0.957. The van der Waals surface area contributed by atoms with E-state index < -0.39 is 5.91 Å². The lowest BCUT2D eigenvalue weighted by Crippen LogP contribution is -2.39. The molecule has 210 valence electrons. The molecule has 1 amide bonds. The van der Waals surface area contributed by atoms with Crippen LogP contribution in [0, 0.1) is 0 Å². The largest absolute Gasteiger partial charge is 0.495 e. The van der Waals surface area contributed by atoms with Crippen LogP contribution in [0.3, 0.4) is 0 Å². The number of ether oxygens (including phenoxy) is 3. The third-order valence-corrected chi connectivity index (χ3v) is 7.89. The molecular weight excluding hydrogens is 579 g/mol. The van der Waals surface area contributed by atoms with E-state index in [4.69, 9.17) is 37.4 Å². The summed E-state index contributed by atoms with van der Waals surface area (Å²) in [6.07, 6.45) is 2.85. The predicted octanol–water partition coefficient (Wildman–Crippen LogP) is 4.55. The number of fused-ring (bicyclic) bond motifs is 1. The van der Waals surface area contributed by atoms with E-state index in [9.17, 15) is 4.79 Å². The number of morpholine rings is 1. The maximum absolute atomic E-state index is 13.3. The summed E-state index contributed by atoms with van der Waals surface area (Å²) in [6, 6.07) is 3.35. The first-order chi connectivity index (χ1) is 19.5. The van der Waals surface area contributed by atoms with Gasteiger partial charge in [0.15, 0.2) is 5.82 Å². The van der Waals surface area contributed by atoms with Crippen molar-refractivity contribution in [2.75, 3.05) is 69.6 Å². The van der Waals surface area contributed by atoms with Crippen LogP contribution in [0.5, 0.6) is 11.5 Å². The van der Waals surface area contributed by atoms with E-state index in [1.807, 2.05) is 0 Å². The minimum absolute atomic E-state index is 0.149. The maximum Gasteiger partial charge on any atom is 0.258 e. The van der Waals surface area contributed by atoms with Gasteiger partial charge in [0, 0.05) is 43.7 Å². The standard InChI is InChI=1S/C25H26Cl2N8O4S/c1-37-15-9-16(38-2)20(27)22(19(15)26)34-25(36)14-11-40-23-21(14)31-13-32-24(23)33-18-10-17(29-12-30-18)28-3-4-35-5-7-39-8-6-35/h9-13H,3-8H2,1-2H3,(H,34,36)(H2,28,29,30,31,32,33). The topological polar surface area (TPSA) is 136 Å². The number of aromatic nitrogens is 4. The number of anilines is 4. The number of carbonyl (C=O) groups excluding carboxylic acids is 1. The normalized spacial score (nSPS) is 13.7. The Labute approximate surface area is 244 Å². The summed E-state index contributed by atoms with van der Waals surface area (Å²) >= 11 is 14.2. The first-order valence-electron chi connectivity index (χ1n) is 12.2. The van der Waals surface area contributed by atoms with Crippen molar-refractivity contribution in [3.63, 3.8) is 0 Å². The Balaban J connectivity index is 1.32. The number of nitrogens with zero attached hydrogens (tertiary/aromatic N) is 5. The van der Waals surface area contributed by atoms with Gasteiger partial charge in [-0.25, -0.2) is 19.9 Å². The van der Waals surface area contributed by atoms with Crippen molar-refractivity contribution in [1.82, 2.24) is 24.8 Å². The number of halogens is 2. The number of hydrogen-bond acceptors (Lipinski definition) is 12. The highest BCUT2D eigenvalue weighted by Gasteiger charge is 2.22. The molecule has 0 aliphatic carbocycles. The molecule has 1 aliphatic rings. The minimum Gasteiger partial charge on any atom is -0.495 e. The number of carbonyl (C=O) groups is 1. The Bertz CT molecular complexity index is 1490. The fraction of sp³-hybridized carbons (Fsp3) is 0.320. The zero-order chi connectivity index (χ0) is 28.1. The van der Waals surface area contributed by atoms with Crippen molar-refractivity contribution in [3.05, 3.63) is 45.8 Å². The second kappa shape index (κ2) is 12.8. The van der Waals surface area contributed by atoms with Gasteiger partial charge in [-0.3, -0.25) is 9.69 Å². The Morgan fingerprint density at radius 3 is 2.45 bits per heavy atom. The first kappa shape index (κ1) is 28.1. The van der Waals surface area contributed by atoms with Crippen molar-refractivity contribution in [2.24, 2.45) is 0 Å². The van der Waals surface area contributed by atoms with E-state index in [1.165, 1.54) is 38.2 Å². The number of hydrogen-bond donors (Lipinski definition) is 3. The molecule has 4 heterocycles. The van der Waals surface area contributed by atoms with E-state index >= 15 is 0 Å². The van der Waals surface area contributed by atoms with E-state index in [2.05, 4.69) is 40.8 Å². The molecule has 0 spiro atoms. The highest BCUT2D eigenvalue weighted by atomic mass is 35.5. The van der Waals surface area contributed by atoms with Gasteiger partial charge in [0.05, 0.1) is 48.9 Å². The number of nitrogens with one attached hydrogen (secondary N) is 3. The predicted molar refractivity (Wildman–Crippen MR) is 156 cm³/mol. The molecule has 12 nitrogen and oxygen atoms in total. The van der Waals surface area contributed by atoms with E-state index in [1.54, 1.807) is 17.5 Å². The fourth-order valence-corrected chi connectivity index (χ4v) is 5.63. The number of thiophene rings is 1. The number of methoxy groups -OCH3 is 2. The van der Waals surface area contributed by atoms with Gasteiger partial charge in [-0.1, -0.05) is 23.2 Å². The SMILES string of the molecule is COc1cc(OC)c(Cl)c(NC(=O)c2csc3c(Nc4cc(NCCN5CCOCC5)ncn4)ncnc23)c1Cl. The monoisotopic (exact) mass is 604 g/mol. The molecule has 1 fully saturated rings. The highest BCUT2D eigenvalue weighted by molar-refractivity contribution is 7.18. The number of rotatable bonds is 10. The van der Waals surface area contributed by atoms with Crippen molar-refractivity contribution >= 4 is 73.8 Å². The Hall–Kier alpha value is -3.49. The first-order valence-corrected chi connectivity index (χ1v) is 13.9. The quantitative estimate of drug-likeness (QED) is 0.235. The van der Waals surface area contributed by atoms with Gasteiger partial charge in [0.2, 0.25) is 0 Å². The van der Waals surface area contributed by atoms with Crippen LogP contribution in [0.25, 0.3) is 10.2 Å². The summed E-state index contributed by atoms with van der Waals surface area (Å²) in [4.78, 5) is 33.0. The molecule has 3 N–H and O–H groups in total. The van der Waals surface area contributed by atoms with E-state index in [0.717, 1.165) is 39.4 Å². The molecule has 0 atom stereocenters. The smallest absolute Gasteiger partial charge is 0.258 e. The van der Waals surface area contributed by atoms with E-state index in [0.29, 0.717) is 44.7 Å². The van der Waals surface area contributed by atoms with Gasteiger partial charge in [-0.2, -0.15) is 0 Å². The van der Waals surface area contributed by atoms with Crippen LogP contribution in [0.4, 0.5) is 23.1 Å². The highest BCUT2D eigenvalue weighted by Crippen LogP contribution is 2.44. The van der Waals surface area contributed by atoms with Gasteiger partial charge in [-0.15, -0.1) is 11.3 Å². The average Bonchev–Trinajstić information content (AvgIpc) is 3.42. The zero-order valence-corrected chi connectivity index (χ0v) is 24.0. The van der Waals surface area contributed by atoms with Crippen molar-refractivity contribution < 1.29 is 19.0 Å². The molecule has 1 aliphatic heterocycles. The maximum atomic E-state index is 13.3. The number of amides is 1. The van der Waals surface area contributed by atoms with E-state index in [-0.39, 0.29) is 15.7 Å². The van der Waals surface area contributed by atoms with Crippen LogP contribution >= 0.6 is 34.5 Å². The van der Waals surface area contributed by atoms with Crippen LogP contribution in [-0.2, 0) is 4.74 Å². The van der Waals surface area contributed by atoms with Crippen LogP contribution in [0.1, 0.15) is 10.4 Å². The molecule has 3 aromatic heterocycles. The summed E-state index contributed by atoms with van der Waals surface area (Å²) in [6.45, 7) is 5.01. The second-order valence-corrected chi connectivity index (χ2v) is 10.2. The molecule has 5 rings (SSSR count). The number of benzene rings is 1. The molecule has 0 radical (unpaired) electrons. The molecule has 0 saturated carbocycles. The Morgan fingerprint density at radius 2 is 1.73 bits per heavy atom. The third-order valence-electron chi connectivity index (χ3n) is 6.16. The molecule has 4 aromatic rings. The molecule has 0 bridgehead atoms. The summed E-state index contributed by atoms with van der Waals surface area (Å²) in [5.74, 6) is 1.90. The van der Waals surface area contributed by atoms with Gasteiger partial charge in [-0.05, 0) is 0 Å². The summed E-state index contributed by atoms with van der Waals surface area (Å²) in [7, 11) is 2.92. The lowest BCUT2D eigenvalue weighted by molar-refractivity contribution is 0.0398. The Kier molecular flexibility index (Phi) is 8.97. The van der Waals surface area contributed by atoms with Gasteiger partial charge in [0.25, 0.3) is 5.91 Å². The molecule has 1 saturated heterocycles. The van der Waals surface area contributed by atoms with Crippen LogP contribution in [-0.4, -0.2) is 84.4 Å². The third kappa shape index (κ3) is 6.13. The molecule has 0 unspecified atom stereocenters. The van der Waals surface area contributed by atoms with Crippen LogP contribution < -0.4 is 25.4 Å². The molecule has 15 heteroatoms. The Morgan fingerprint density at radius 1 is 1.02 bits per heavy atom. The molecular formula is C25H26Cl2N8O4S. The van der Waals surface area contributed by atoms with Gasteiger partial charge < -0.3 is 30.2 Å². The average molecular weight is 606 g/mol. The minimum atomic E-state index is -0.455. The zero-order valence-electron chi connectivity index (χ0n) is 21.7. The molecule has 1 aromatic carbocycles. The van der Waals surface area contributed by atoms with Gasteiger partial charge >= 0.3 is 0 Å². The fourth-order valence-electron chi connectivity index (χ4n) is 4.09.